The van der Waals surface area contributed by atoms with Crippen LogP contribution in [0.4, 0.5) is 0 Å². The second kappa shape index (κ2) is 13.6. The van der Waals surface area contributed by atoms with Gasteiger partial charge in [0.25, 0.3) is 0 Å². The average Bonchev–Trinajstić information content (AvgIpc) is 2.61. The topological polar surface area (TPSA) is 40.5 Å². The van der Waals surface area contributed by atoms with Crippen LogP contribution in [-0.2, 0) is 0 Å². The zero-order valence-electron chi connectivity index (χ0n) is 15.0. The number of aliphatic hydroxyl groups excluding tert-OH is 1. The monoisotopic (exact) mass is 308 g/mol. The fourth-order valence-corrected chi connectivity index (χ4v) is 2.88. The van der Waals surface area contributed by atoms with Crippen LogP contribution in [0.2, 0.25) is 0 Å². The Kier molecular flexibility index (Phi) is 13.0. The van der Waals surface area contributed by atoms with Gasteiger partial charge < -0.3 is 10.2 Å². The molecule has 1 aliphatic carbocycles. The summed E-state index contributed by atoms with van der Waals surface area (Å²) >= 11 is 0. The molecule has 2 N–H and O–H groups in total. The van der Waals surface area contributed by atoms with E-state index in [9.17, 15) is 0 Å². The summed E-state index contributed by atoms with van der Waals surface area (Å²) in [6.07, 6.45) is 8.92. The van der Waals surface area contributed by atoms with Gasteiger partial charge in [-0.05, 0) is 55.2 Å². The molecule has 0 radical (unpaired) electrons. The molecule has 0 unspecified atom stereocenters. The highest BCUT2D eigenvalue weighted by Crippen LogP contribution is 2.24. The molecule has 0 amide bonds. The first-order valence-electron chi connectivity index (χ1n) is 9.11. The molecule has 0 saturated heterocycles. The predicted octanol–water partition coefficient (Wildman–Crippen LogP) is 5.88. The van der Waals surface area contributed by atoms with Gasteiger partial charge in [-0.3, -0.25) is 0 Å². The fourth-order valence-electron chi connectivity index (χ4n) is 2.88. The molecule has 2 heteroatoms. The minimum Gasteiger partial charge on any atom is -0.508 e. The zero-order chi connectivity index (χ0) is 16.8. The highest BCUT2D eigenvalue weighted by atomic mass is 16.3. The lowest BCUT2D eigenvalue weighted by Crippen LogP contribution is -2.09. The van der Waals surface area contributed by atoms with Gasteiger partial charge in [-0.1, -0.05) is 59.1 Å². The van der Waals surface area contributed by atoms with Gasteiger partial charge in [0, 0.05) is 6.61 Å². The standard InChI is InChI=1S/C11H16O.C7H14O.C2H6/c1-3-9(4-2)10-5-7-11(12)8-6-10;8-6-7-4-2-1-3-5-7;1-2/h5-9,12H,3-4H2,1-2H3;7-8H,1-6H2;1-2H3. The van der Waals surface area contributed by atoms with Crippen LogP contribution in [-0.4, -0.2) is 16.8 Å². The summed E-state index contributed by atoms with van der Waals surface area (Å²) in [4.78, 5) is 0. The quantitative estimate of drug-likeness (QED) is 0.729. The van der Waals surface area contributed by atoms with E-state index < -0.39 is 0 Å². The first-order chi connectivity index (χ1) is 10.7. The fraction of sp³-hybridized carbons (Fsp3) is 0.700. The lowest BCUT2D eigenvalue weighted by molar-refractivity contribution is 0.190. The van der Waals surface area contributed by atoms with Crippen LogP contribution in [0, 0.1) is 5.92 Å². The van der Waals surface area contributed by atoms with Crippen molar-refractivity contribution in [1.29, 1.82) is 0 Å². The molecule has 2 rings (SSSR count). The first-order valence-corrected chi connectivity index (χ1v) is 9.11. The molecule has 1 saturated carbocycles. The summed E-state index contributed by atoms with van der Waals surface area (Å²) in [5.41, 5.74) is 1.33. The molecular weight excluding hydrogens is 272 g/mol. The third-order valence-corrected chi connectivity index (χ3v) is 4.33. The average molecular weight is 309 g/mol. The van der Waals surface area contributed by atoms with Crippen LogP contribution in [0.15, 0.2) is 24.3 Å². The van der Waals surface area contributed by atoms with E-state index in [1.54, 1.807) is 12.1 Å². The van der Waals surface area contributed by atoms with E-state index >= 15 is 0 Å². The maximum Gasteiger partial charge on any atom is 0.115 e. The minimum absolute atomic E-state index is 0.352. The van der Waals surface area contributed by atoms with E-state index in [1.807, 2.05) is 26.0 Å². The highest BCUT2D eigenvalue weighted by molar-refractivity contribution is 5.28. The molecule has 128 valence electrons. The smallest absolute Gasteiger partial charge is 0.115 e. The minimum atomic E-state index is 0.352. The van der Waals surface area contributed by atoms with Crippen LogP contribution in [0.5, 0.6) is 5.75 Å². The van der Waals surface area contributed by atoms with Crippen LogP contribution in [0.25, 0.3) is 0 Å². The van der Waals surface area contributed by atoms with Gasteiger partial charge in [-0.15, -0.1) is 0 Å². The third kappa shape index (κ3) is 8.43. The molecule has 2 nitrogen and oxygen atoms in total. The molecule has 1 aromatic rings. The van der Waals surface area contributed by atoms with Gasteiger partial charge in [0.1, 0.15) is 5.75 Å². The largest absolute Gasteiger partial charge is 0.508 e. The lowest BCUT2D eigenvalue weighted by atomic mass is 9.90. The Morgan fingerprint density at radius 2 is 1.45 bits per heavy atom. The maximum absolute atomic E-state index is 9.08. The number of phenolic OH excluding ortho intramolecular Hbond substituents is 1. The summed E-state index contributed by atoms with van der Waals surface area (Å²) in [6.45, 7) is 8.81. The van der Waals surface area contributed by atoms with Gasteiger partial charge >= 0.3 is 0 Å². The second-order valence-corrected chi connectivity index (χ2v) is 5.79. The summed E-state index contributed by atoms with van der Waals surface area (Å²) in [5, 5.41) is 17.8. The van der Waals surface area contributed by atoms with Crippen molar-refractivity contribution in [3.8, 4) is 5.75 Å². The predicted molar refractivity (Wildman–Crippen MR) is 96.4 cm³/mol. The second-order valence-electron chi connectivity index (χ2n) is 5.79. The Balaban J connectivity index is 0.000000382. The molecule has 0 aromatic heterocycles. The van der Waals surface area contributed by atoms with Crippen LogP contribution in [0.3, 0.4) is 0 Å². The van der Waals surface area contributed by atoms with E-state index in [0.29, 0.717) is 24.2 Å². The molecule has 0 spiro atoms. The normalized spacial score (nSPS) is 14.6. The van der Waals surface area contributed by atoms with Crippen molar-refractivity contribution in [2.24, 2.45) is 5.92 Å². The number of rotatable bonds is 4. The van der Waals surface area contributed by atoms with Gasteiger partial charge in [0.2, 0.25) is 0 Å². The van der Waals surface area contributed by atoms with Crippen molar-refractivity contribution in [3.63, 3.8) is 0 Å². The zero-order valence-corrected chi connectivity index (χ0v) is 15.0. The summed E-state index contributed by atoms with van der Waals surface area (Å²) in [5.74, 6) is 1.64. The Morgan fingerprint density at radius 3 is 1.82 bits per heavy atom. The lowest BCUT2D eigenvalue weighted by Gasteiger charge is -2.18. The molecular formula is C20H36O2. The van der Waals surface area contributed by atoms with E-state index in [-0.39, 0.29) is 0 Å². The Labute approximate surface area is 137 Å². The number of hydrogen-bond donors (Lipinski definition) is 2. The highest BCUT2D eigenvalue weighted by Gasteiger charge is 2.10. The molecule has 1 fully saturated rings. The SMILES string of the molecule is CC.CCC(CC)c1ccc(O)cc1.OCC1CCCCC1. The van der Waals surface area contributed by atoms with E-state index in [2.05, 4.69) is 13.8 Å². The summed E-state index contributed by atoms with van der Waals surface area (Å²) in [6, 6.07) is 7.53. The molecule has 0 heterocycles. The summed E-state index contributed by atoms with van der Waals surface area (Å²) < 4.78 is 0. The summed E-state index contributed by atoms with van der Waals surface area (Å²) in [7, 11) is 0. The van der Waals surface area contributed by atoms with Crippen molar-refractivity contribution in [2.75, 3.05) is 6.61 Å². The van der Waals surface area contributed by atoms with Crippen molar-refractivity contribution in [3.05, 3.63) is 29.8 Å². The van der Waals surface area contributed by atoms with Gasteiger partial charge in [-0.2, -0.15) is 0 Å². The Morgan fingerprint density at radius 1 is 0.955 bits per heavy atom. The van der Waals surface area contributed by atoms with Crippen LogP contribution in [0.1, 0.15) is 84.1 Å². The Bertz CT molecular complexity index is 335. The molecule has 0 atom stereocenters. The number of benzene rings is 1. The maximum atomic E-state index is 9.08. The van der Waals surface area contributed by atoms with E-state index in [0.717, 1.165) is 0 Å². The van der Waals surface area contributed by atoms with Crippen LogP contribution < -0.4 is 0 Å². The van der Waals surface area contributed by atoms with Crippen molar-refractivity contribution in [2.45, 2.75) is 78.6 Å². The molecule has 0 aliphatic heterocycles. The van der Waals surface area contributed by atoms with Crippen molar-refractivity contribution in [1.82, 2.24) is 0 Å². The number of hydrogen-bond acceptors (Lipinski definition) is 2. The molecule has 22 heavy (non-hydrogen) atoms. The first kappa shape index (κ1) is 21.0. The van der Waals surface area contributed by atoms with E-state index in [1.165, 1.54) is 50.5 Å². The molecule has 1 aliphatic rings. The molecule has 0 bridgehead atoms. The van der Waals surface area contributed by atoms with Gasteiger partial charge in [0.15, 0.2) is 0 Å². The van der Waals surface area contributed by atoms with E-state index in [4.69, 9.17) is 10.2 Å². The molecule has 1 aromatic carbocycles. The number of aliphatic hydroxyl groups is 1. The Hall–Kier alpha value is -1.02. The third-order valence-electron chi connectivity index (χ3n) is 4.33. The van der Waals surface area contributed by atoms with Gasteiger partial charge in [0.05, 0.1) is 0 Å². The van der Waals surface area contributed by atoms with Gasteiger partial charge in [-0.25, -0.2) is 0 Å². The van der Waals surface area contributed by atoms with Crippen molar-refractivity contribution >= 4 is 0 Å². The van der Waals surface area contributed by atoms with Crippen LogP contribution >= 0.6 is 0 Å². The van der Waals surface area contributed by atoms with Crippen molar-refractivity contribution < 1.29 is 10.2 Å². The number of aromatic hydroxyl groups is 1. The number of phenols is 1.